The molecule has 31 heavy (non-hydrogen) atoms. The third-order valence-corrected chi connectivity index (χ3v) is 5.67. The van der Waals surface area contributed by atoms with Crippen molar-refractivity contribution in [2.24, 2.45) is 0 Å². The van der Waals surface area contributed by atoms with Crippen molar-refractivity contribution in [1.82, 2.24) is 14.9 Å². The van der Waals surface area contributed by atoms with Crippen molar-refractivity contribution in [3.05, 3.63) is 84.3 Å². The average molecular weight is 440 g/mol. The first kappa shape index (κ1) is 22.8. The van der Waals surface area contributed by atoms with Gasteiger partial charge in [0.25, 0.3) is 11.1 Å². The van der Waals surface area contributed by atoms with Crippen LogP contribution in [0.2, 0.25) is 0 Å². The number of unbranched alkanes of at least 4 members (excludes halogenated alkanes) is 3. The van der Waals surface area contributed by atoms with Crippen LogP contribution in [0, 0.1) is 0 Å². The highest BCUT2D eigenvalue weighted by Crippen LogP contribution is 2.25. The van der Waals surface area contributed by atoms with Gasteiger partial charge >= 0.3 is 0 Å². The van der Waals surface area contributed by atoms with Crippen molar-refractivity contribution in [2.45, 2.75) is 25.7 Å². The largest absolute Gasteiger partial charge is 0.484 e. The van der Waals surface area contributed by atoms with Gasteiger partial charge in [-0.15, -0.1) is 0 Å². The van der Waals surface area contributed by atoms with Crippen molar-refractivity contribution < 1.29 is 4.74 Å². The maximum atomic E-state index is 12.4. The Morgan fingerprint density at radius 2 is 1.55 bits per heavy atom. The zero-order valence-electron chi connectivity index (χ0n) is 18.0. The zero-order chi connectivity index (χ0) is 22.1. The Kier molecular flexibility index (Phi) is 8.44. The number of rotatable bonds is 10. The summed E-state index contributed by atoms with van der Waals surface area (Å²) in [7, 11) is 4.19. The average Bonchev–Trinajstić information content (AvgIpc) is 3.19. The maximum absolute atomic E-state index is 12.4. The minimum absolute atomic E-state index is 0.226. The van der Waals surface area contributed by atoms with E-state index in [1.165, 1.54) is 24.2 Å². The smallest absolute Gasteiger partial charge is 0.272 e. The lowest BCUT2D eigenvalue weighted by Crippen LogP contribution is -2.46. The molecule has 2 aromatic heterocycles. The van der Waals surface area contributed by atoms with Gasteiger partial charge in [-0.2, -0.15) is 0 Å². The van der Waals surface area contributed by atoms with Crippen LogP contribution in [0.1, 0.15) is 36.1 Å². The van der Waals surface area contributed by atoms with E-state index in [-0.39, 0.29) is 21.8 Å². The van der Waals surface area contributed by atoms with Gasteiger partial charge in [-0.1, -0.05) is 54.5 Å². The summed E-state index contributed by atoms with van der Waals surface area (Å²) in [6.07, 6.45) is 7.92. The monoisotopic (exact) mass is 439 g/mol. The van der Waals surface area contributed by atoms with E-state index in [0.717, 1.165) is 34.9 Å². The Bertz CT molecular complexity index is 1190. The van der Waals surface area contributed by atoms with Gasteiger partial charge in [0, 0.05) is 4.88 Å². The molecule has 0 amide bonds. The van der Waals surface area contributed by atoms with Crippen LogP contribution in [0.15, 0.2) is 52.1 Å². The second-order valence-electron chi connectivity index (χ2n) is 7.66. The molecule has 164 valence electrons. The number of ether oxygens (including phenoxy) is 1. The Morgan fingerprint density at radius 1 is 0.871 bits per heavy atom. The SMILES string of the molecule is CN(C)CCCCCCOc1ccc(/C=c2\[nH]c(=O)/c(=C/c3ccccc3)[nH]c2=O)s1. The molecule has 3 rings (SSSR count). The number of aromatic amines is 2. The molecule has 7 heteroatoms. The highest BCUT2D eigenvalue weighted by molar-refractivity contribution is 7.14. The number of hydrogen-bond donors (Lipinski definition) is 2. The van der Waals surface area contributed by atoms with Crippen LogP contribution in [0.5, 0.6) is 5.06 Å². The molecule has 1 aromatic carbocycles. The van der Waals surface area contributed by atoms with Gasteiger partial charge in [-0.25, -0.2) is 0 Å². The molecule has 0 saturated carbocycles. The number of benzene rings is 1. The van der Waals surface area contributed by atoms with E-state index in [9.17, 15) is 9.59 Å². The van der Waals surface area contributed by atoms with Gasteiger partial charge in [0.1, 0.15) is 10.7 Å². The number of hydrogen-bond acceptors (Lipinski definition) is 5. The second-order valence-corrected chi connectivity index (χ2v) is 8.74. The molecule has 0 aliphatic heterocycles. The summed E-state index contributed by atoms with van der Waals surface area (Å²) in [5, 5.41) is 1.27. The molecule has 0 saturated heterocycles. The molecule has 6 nitrogen and oxygen atoms in total. The van der Waals surface area contributed by atoms with E-state index >= 15 is 0 Å². The number of aromatic nitrogens is 2. The second kappa shape index (κ2) is 11.5. The molecule has 0 spiro atoms. The first-order chi connectivity index (χ1) is 15.0. The molecule has 0 unspecified atom stereocenters. The summed E-state index contributed by atoms with van der Waals surface area (Å²) in [6, 6.07) is 13.2. The Balaban J connectivity index is 1.62. The van der Waals surface area contributed by atoms with E-state index in [0.29, 0.717) is 6.61 Å². The van der Waals surface area contributed by atoms with Crippen LogP contribution in [0.4, 0.5) is 0 Å². The van der Waals surface area contributed by atoms with Crippen molar-refractivity contribution in [3.63, 3.8) is 0 Å². The number of nitrogens with zero attached hydrogens (tertiary/aromatic N) is 1. The third-order valence-electron chi connectivity index (χ3n) is 4.73. The van der Waals surface area contributed by atoms with Gasteiger partial charge in [-0.05, 0) is 63.3 Å². The first-order valence-electron chi connectivity index (χ1n) is 10.5. The zero-order valence-corrected chi connectivity index (χ0v) is 18.8. The van der Waals surface area contributed by atoms with Crippen LogP contribution in [0.3, 0.4) is 0 Å². The molecule has 0 atom stereocenters. The predicted molar refractivity (Wildman–Crippen MR) is 127 cm³/mol. The van der Waals surface area contributed by atoms with Gasteiger partial charge < -0.3 is 19.6 Å². The van der Waals surface area contributed by atoms with Crippen LogP contribution >= 0.6 is 11.3 Å². The number of thiophene rings is 1. The summed E-state index contributed by atoms with van der Waals surface area (Å²) < 4.78 is 5.82. The highest BCUT2D eigenvalue weighted by Gasteiger charge is 2.02. The lowest BCUT2D eigenvalue weighted by molar-refractivity contribution is 0.310. The Hall–Kier alpha value is -2.90. The van der Waals surface area contributed by atoms with E-state index in [1.807, 2.05) is 42.5 Å². The summed E-state index contributed by atoms with van der Waals surface area (Å²) >= 11 is 1.45. The lowest BCUT2D eigenvalue weighted by Gasteiger charge is -2.08. The fourth-order valence-corrected chi connectivity index (χ4v) is 3.92. The van der Waals surface area contributed by atoms with Gasteiger partial charge in [0.05, 0.1) is 6.61 Å². The first-order valence-corrected chi connectivity index (χ1v) is 11.3. The van der Waals surface area contributed by atoms with Crippen molar-refractivity contribution >= 4 is 23.5 Å². The quantitative estimate of drug-likeness (QED) is 0.475. The predicted octanol–water partition coefficient (Wildman–Crippen LogP) is 2.28. The summed E-state index contributed by atoms with van der Waals surface area (Å²) in [5.41, 5.74) is 0.172. The summed E-state index contributed by atoms with van der Waals surface area (Å²) in [4.78, 5) is 33.2. The standard InChI is InChI=1S/C24H29N3O3S/c1-27(2)14-8-3-4-9-15-30-22-13-12-19(31-22)17-21-24(29)25-20(23(28)26-21)16-18-10-6-5-7-11-18/h5-7,10-13,16-17H,3-4,8-9,14-15H2,1-2H3,(H,25,29)(H,26,28)/b20-16-,21-17-. The van der Waals surface area contributed by atoms with Crippen LogP contribution in [-0.2, 0) is 0 Å². The Labute approximate surface area is 185 Å². The van der Waals surface area contributed by atoms with Crippen molar-refractivity contribution in [3.8, 4) is 5.06 Å². The van der Waals surface area contributed by atoms with Crippen LogP contribution in [0.25, 0.3) is 12.2 Å². The van der Waals surface area contributed by atoms with E-state index in [4.69, 9.17) is 4.74 Å². The van der Waals surface area contributed by atoms with Crippen LogP contribution in [-0.4, -0.2) is 42.1 Å². The van der Waals surface area contributed by atoms with Gasteiger partial charge in [0.2, 0.25) is 0 Å². The molecule has 2 N–H and O–H groups in total. The third kappa shape index (κ3) is 7.38. The molecule has 0 fully saturated rings. The molecule has 0 radical (unpaired) electrons. The van der Waals surface area contributed by atoms with Gasteiger partial charge in [-0.3, -0.25) is 9.59 Å². The summed E-state index contributed by atoms with van der Waals surface area (Å²) in [6.45, 7) is 1.81. The van der Waals surface area contributed by atoms with E-state index in [2.05, 4.69) is 29.0 Å². The fraction of sp³-hybridized carbons (Fsp3) is 0.333. The molecule has 0 aliphatic rings. The Morgan fingerprint density at radius 3 is 2.26 bits per heavy atom. The number of H-pyrrole nitrogens is 2. The van der Waals surface area contributed by atoms with Crippen molar-refractivity contribution in [1.29, 1.82) is 0 Å². The molecule has 0 bridgehead atoms. The van der Waals surface area contributed by atoms with Crippen LogP contribution < -0.4 is 26.6 Å². The number of nitrogens with one attached hydrogen (secondary N) is 2. The summed E-state index contributed by atoms with van der Waals surface area (Å²) in [5.74, 6) is 0. The minimum atomic E-state index is -0.338. The molecule has 3 aromatic rings. The minimum Gasteiger partial charge on any atom is -0.484 e. The molecular weight excluding hydrogens is 410 g/mol. The highest BCUT2D eigenvalue weighted by atomic mass is 32.1. The lowest BCUT2D eigenvalue weighted by atomic mass is 10.2. The topological polar surface area (TPSA) is 78.2 Å². The maximum Gasteiger partial charge on any atom is 0.272 e. The molecular formula is C24H29N3O3S. The fourth-order valence-electron chi connectivity index (χ4n) is 3.10. The van der Waals surface area contributed by atoms with E-state index in [1.54, 1.807) is 12.2 Å². The molecule has 2 heterocycles. The van der Waals surface area contributed by atoms with Crippen molar-refractivity contribution in [2.75, 3.05) is 27.2 Å². The van der Waals surface area contributed by atoms with E-state index < -0.39 is 0 Å². The molecule has 0 aliphatic carbocycles. The normalized spacial score (nSPS) is 12.6. The van der Waals surface area contributed by atoms with Gasteiger partial charge in [0.15, 0.2) is 5.06 Å².